The zero-order valence-corrected chi connectivity index (χ0v) is 18.8. The molecular formula is C19H18ClIN2O4S. The highest BCUT2D eigenvalue weighted by Gasteiger charge is 2.28. The van der Waals surface area contributed by atoms with Crippen molar-refractivity contribution >= 4 is 63.6 Å². The van der Waals surface area contributed by atoms with Crippen LogP contribution in [-0.2, 0) is 4.79 Å². The van der Waals surface area contributed by atoms with Crippen LogP contribution in [0.5, 0.6) is 17.2 Å². The second kappa shape index (κ2) is 9.15. The lowest BCUT2D eigenvalue weighted by atomic mass is 10.2. The minimum atomic E-state index is -0.367. The van der Waals surface area contributed by atoms with E-state index in [1.165, 1.54) is 11.8 Å². The lowest BCUT2D eigenvalue weighted by molar-refractivity contribution is -0.116. The number of aromatic hydroxyl groups is 1. The Hall–Kier alpha value is -1.78. The van der Waals surface area contributed by atoms with Crippen LogP contribution in [0.2, 0.25) is 5.02 Å². The van der Waals surface area contributed by atoms with Gasteiger partial charge in [0.05, 0.1) is 27.9 Å². The fourth-order valence-electron chi connectivity index (χ4n) is 2.59. The van der Waals surface area contributed by atoms with Gasteiger partial charge in [0.1, 0.15) is 5.75 Å². The average molecular weight is 533 g/mol. The summed E-state index contributed by atoms with van der Waals surface area (Å²) in [7, 11) is 1.57. The van der Waals surface area contributed by atoms with Gasteiger partial charge in [0.25, 0.3) is 5.91 Å². The molecule has 1 amide bonds. The van der Waals surface area contributed by atoms with Gasteiger partial charge in [0.15, 0.2) is 17.0 Å². The van der Waals surface area contributed by atoms with E-state index in [2.05, 4.69) is 10.6 Å². The van der Waals surface area contributed by atoms with Gasteiger partial charge in [-0.2, -0.15) is 0 Å². The molecule has 1 saturated heterocycles. The molecule has 1 aliphatic rings. The highest BCUT2D eigenvalue weighted by atomic mass is 127. The van der Waals surface area contributed by atoms with Gasteiger partial charge >= 0.3 is 0 Å². The summed E-state index contributed by atoms with van der Waals surface area (Å²) in [6, 6.07) is 8.74. The number of hydrogen-bond donors (Lipinski definition) is 3. The van der Waals surface area contributed by atoms with E-state index in [1.54, 1.807) is 43.5 Å². The van der Waals surface area contributed by atoms with Gasteiger partial charge in [-0.15, -0.1) is 0 Å². The topological polar surface area (TPSA) is 79.8 Å². The van der Waals surface area contributed by atoms with E-state index in [1.807, 2.05) is 29.5 Å². The number of hydrogen-bond acceptors (Lipinski definition) is 6. The van der Waals surface area contributed by atoms with Crippen LogP contribution in [0.25, 0.3) is 6.08 Å². The third kappa shape index (κ3) is 4.79. The predicted molar refractivity (Wildman–Crippen MR) is 121 cm³/mol. The molecule has 28 heavy (non-hydrogen) atoms. The average Bonchev–Trinajstić information content (AvgIpc) is 2.98. The van der Waals surface area contributed by atoms with E-state index in [-0.39, 0.29) is 17.2 Å². The lowest BCUT2D eigenvalue weighted by Gasteiger charge is -2.15. The van der Waals surface area contributed by atoms with E-state index in [4.69, 9.17) is 21.1 Å². The largest absolute Gasteiger partial charge is 0.504 e. The highest BCUT2D eigenvalue weighted by Crippen LogP contribution is 2.37. The van der Waals surface area contributed by atoms with E-state index >= 15 is 0 Å². The molecule has 1 unspecified atom stereocenters. The van der Waals surface area contributed by atoms with E-state index < -0.39 is 0 Å². The summed E-state index contributed by atoms with van der Waals surface area (Å²) in [5.41, 5.74) is 1.09. The maximum atomic E-state index is 12.4. The summed E-state index contributed by atoms with van der Waals surface area (Å²) < 4.78 is 11.4. The zero-order valence-electron chi connectivity index (χ0n) is 15.1. The minimum Gasteiger partial charge on any atom is -0.504 e. The van der Waals surface area contributed by atoms with Crippen molar-refractivity contribution in [3.63, 3.8) is 0 Å². The molecule has 2 aromatic rings. The third-order valence-electron chi connectivity index (χ3n) is 3.83. The number of phenolic OH excluding ortho intramolecular Hbond substituents is 1. The number of nitrogens with one attached hydrogen (secondary N) is 2. The summed E-state index contributed by atoms with van der Waals surface area (Å²) >= 11 is 9.44. The molecule has 0 bridgehead atoms. The molecule has 148 valence electrons. The Kier molecular flexibility index (Phi) is 6.84. The third-order valence-corrected chi connectivity index (χ3v) is 5.91. The summed E-state index contributed by atoms with van der Waals surface area (Å²) in [4.78, 5) is 12.9. The van der Waals surface area contributed by atoms with Gasteiger partial charge < -0.3 is 25.2 Å². The summed E-state index contributed by atoms with van der Waals surface area (Å²) in [5.74, 6) is 0.930. The number of ether oxygens (including phenoxy) is 2. The lowest BCUT2D eigenvalue weighted by Crippen LogP contribution is -2.31. The first kappa shape index (κ1) is 20.9. The Balaban J connectivity index is 1.81. The Morgan fingerprint density at radius 2 is 2.14 bits per heavy atom. The molecule has 0 spiro atoms. The fourth-order valence-corrected chi connectivity index (χ4v) is 4.37. The van der Waals surface area contributed by atoms with Crippen LogP contribution < -0.4 is 20.1 Å². The van der Waals surface area contributed by atoms with Crippen molar-refractivity contribution in [2.45, 2.75) is 12.4 Å². The van der Waals surface area contributed by atoms with Gasteiger partial charge in [0.2, 0.25) is 0 Å². The van der Waals surface area contributed by atoms with Crippen molar-refractivity contribution in [1.29, 1.82) is 0 Å². The van der Waals surface area contributed by atoms with Crippen molar-refractivity contribution in [2.75, 3.05) is 19.0 Å². The molecule has 2 aromatic carbocycles. The molecule has 0 aromatic heterocycles. The maximum absolute atomic E-state index is 12.4. The molecule has 3 rings (SSSR count). The van der Waals surface area contributed by atoms with Crippen molar-refractivity contribution < 1.29 is 19.4 Å². The second-order valence-electron chi connectivity index (χ2n) is 5.75. The van der Waals surface area contributed by atoms with Crippen LogP contribution in [0.15, 0.2) is 35.2 Å². The number of methoxy groups -OCH3 is 1. The second-order valence-corrected chi connectivity index (χ2v) is 8.50. The molecule has 1 atom stereocenters. The predicted octanol–water partition coefficient (Wildman–Crippen LogP) is 4.66. The van der Waals surface area contributed by atoms with Crippen LogP contribution in [-0.4, -0.2) is 30.2 Å². The zero-order chi connectivity index (χ0) is 20.3. The summed E-state index contributed by atoms with van der Waals surface area (Å²) in [6.45, 7) is 2.28. The van der Waals surface area contributed by atoms with Gasteiger partial charge in [-0.3, -0.25) is 4.79 Å². The number of thioether (sulfide) groups is 1. The normalized spacial score (nSPS) is 17.5. The molecular weight excluding hydrogens is 515 g/mol. The smallest absolute Gasteiger partial charge is 0.260 e. The van der Waals surface area contributed by atoms with Gasteiger partial charge in [0, 0.05) is 5.02 Å². The van der Waals surface area contributed by atoms with Gasteiger partial charge in [-0.05, 0) is 71.5 Å². The van der Waals surface area contributed by atoms with Crippen molar-refractivity contribution in [2.24, 2.45) is 0 Å². The van der Waals surface area contributed by atoms with Crippen LogP contribution in [0.4, 0.5) is 5.69 Å². The minimum absolute atomic E-state index is 0.0979. The van der Waals surface area contributed by atoms with Crippen molar-refractivity contribution in [3.8, 4) is 17.2 Å². The number of anilines is 1. The highest BCUT2D eigenvalue weighted by molar-refractivity contribution is 14.1. The SMILES string of the molecule is CCOc1cc(/C=C2\SC(Nc3cc(Cl)ccc3OC)NC2=O)cc(I)c1O. The first-order chi connectivity index (χ1) is 13.4. The number of benzene rings is 2. The number of phenols is 1. The van der Waals surface area contributed by atoms with Gasteiger partial charge in [-0.25, -0.2) is 0 Å². The van der Waals surface area contributed by atoms with Crippen LogP contribution in [0.3, 0.4) is 0 Å². The molecule has 1 aliphatic heterocycles. The Morgan fingerprint density at radius 3 is 2.86 bits per heavy atom. The maximum Gasteiger partial charge on any atom is 0.260 e. The van der Waals surface area contributed by atoms with Crippen LogP contribution >= 0.6 is 46.0 Å². The van der Waals surface area contributed by atoms with Crippen molar-refractivity contribution in [3.05, 3.63) is 49.4 Å². The molecule has 9 heteroatoms. The molecule has 1 fully saturated rings. The molecule has 1 heterocycles. The molecule has 3 N–H and O–H groups in total. The van der Waals surface area contributed by atoms with E-state index in [0.29, 0.717) is 37.3 Å². The molecule has 6 nitrogen and oxygen atoms in total. The van der Waals surface area contributed by atoms with Crippen LogP contribution in [0, 0.1) is 3.57 Å². The first-order valence-electron chi connectivity index (χ1n) is 8.36. The van der Waals surface area contributed by atoms with E-state index in [9.17, 15) is 9.90 Å². The summed E-state index contributed by atoms with van der Waals surface area (Å²) in [5, 5.41) is 16.7. The number of carbonyl (C=O) groups excluding carboxylic acids is 1. The number of amides is 1. The molecule has 0 aliphatic carbocycles. The number of halogens is 2. The Labute approximate surface area is 185 Å². The van der Waals surface area contributed by atoms with Crippen LogP contribution in [0.1, 0.15) is 12.5 Å². The molecule has 0 saturated carbocycles. The Bertz CT molecular complexity index is 938. The van der Waals surface area contributed by atoms with Crippen molar-refractivity contribution in [1.82, 2.24) is 5.32 Å². The summed E-state index contributed by atoms with van der Waals surface area (Å²) in [6.07, 6.45) is 1.76. The van der Waals surface area contributed by atoms with Gasteiger partial charge in [-0.1, -0.05) is 23.4 Å². The molecule has 0 radical (unpaired) electrons. The quantitative estimate of drug-likeness (QED) is 0.371. The number of rotatable bonds is 6. The number of carbonyl (C=O) groups is 1. The Morgan fingerprint density at radius 1 is 1.36 bits per heavy atom. The fraction of sp³-hybridized carbons (Fsp3) is 0.211. The monoisotopic (exact) mass is 532 g/mol. The standard InChI is InChI=1S/C19H18ClIN2O4S/c1-3-27-15-7-10(6-12(21)17(15)24)8-16-18(25)23-19(28-16)22-13-9-11(20)4-5-14(13)26-2/h4-9,19,22,24H,3H2,1-2H3,(H,23,25)/b16-8-. The van der Waals surface area contributed by atoms with E-state index in [0.717, 1.165) is 5.56 Å². The first-order valence-corrected chi connectivity index (χ1v) is 10.7.